The van der Waals surface area contributed by atoms with Gasteiger partial charge in [0.05, 0.1) is 6.04 Å². The van der Waals surface area contributed by atoms with E-state index in [1.54, 1.807) is 0 Å². The topological polar surface area (TPSA) is 33.2 Å². The molecule has 5 aliphatic rings. The first-order chi connectivity index (χ1) is 11.3. The van der Waals surface area contributed by atoms with Gasteiger partial charge in [-0.1, -0.05) is 0 Å². The zero-order chi connectivity index (χ0) is 15.4. The van der Waals surface area contributed by atoms with E-state index in [-0.39, 0.29) is 0 Å². The number of nitrogens with zero attached hydrogens (tertiary/aromatic N) is 2. The van der Waals surface area contributed by atoms with E-state index in [1.165, 1.54) is 37.7 Å². The van der Waals surface area contributed by atoms with Gasteiger partial charge in [-0.2, -0.15) is 0 Å². The number of carbonyl (C=O) groups is 1. The number of pyridine rings is 1. The van der Waals surface area contributed by atoms with Crippen molar-refractivity contribution in [1.29, 1.82) is 0 Å². The second-order valence-corrected chi connectivity index (χ2v) is 8.43. The molecule has 6 rings (SSSR count). The van der Waals surface area contributed by atoms with E-state index in [9.17, 15) is 4.79 Å². The Morgan fingerprint density at radius 1 is 1.00 bits per heavy atom. The highest BCUT2D eigenvalue weighted by Gasteiger charge is 2.52. The molecule has 4 saturated carbocycles. The molecular weight excluding hydrogens is 284 g/mol. The summed E-state index contributed by atoms with van der Waals surface area (Å²) in [4.78, 5) is 19.8. The van der Waals surface area contributed by atoms with E-state index in [4.69, 9.17) is 0 Å². The molecule has 1 saturated heterocycles. The smallest absolute Gasteiger partial charge is 0.226 e. The van der Waals surface area contributed by atoms with E-state index in [1.807, 2.05) is 12.4 Å². The van der Waals surface area contributed by atoms with Crippen LogP contribution in [-0.4, -0.2) is 22.3 Å². The lowest BCUT2D eigenvalue weighted by Gasteiger charge is -2.54. The molecule has 1 amide bonds. The highest BCUT2D eigenvalue weighted by atomic mass is 16.2. The lowest BCUT2D eigenvalue weighted by Crippen LogP contribution is -2.51. The molecular formula is C20H26N2O. The van der Waals surface area contributed by atoms with Gasteiger partial charge in [0.1, 0.15) is 0 Å². The van der Waals surface area contributed by atoms with Crippen LogP contribution >= 0.6 is 0 Å². The maximum Gasteiger partial charge on any atom is 0.226 e. The highest BCUT2D eigenvalue weighted by molar-refractivity contribution is 5.80. The minimum absolute atomic E-state index is 0.294. The highest BCUT2D eigenvalue weighted by Crippen LogP contribution is 2.57. The minimum atomic E-state index is 0.294. The molecule has 0 spiro atoms. The van der Waals surface area contributed by atoms with E-state index in [2.05, 4.69) is 22.0 Å². The molecule has 0 aromatic carbocycles. The van der Waals surface area contributed by atoms with Crippen molar-refractivity contribution in [1.82, 2.24) is 9.88 Å². The van der Waals surface area contributed by atoms with Gasteiger partial charge in [0.15, 0.2) is 0 Å². The zero-order valence-corrected chi connectivity index (χ0v) is 13.7. The first-order valence-electron chi connectivity index (χ1n) is 9.50. The number of rotatable bonds is 2. The van der Waals surface area contributed by atoms with Crippen LogP contribution in [0.1, 0.15) is 56.6 Å². The monoisotopic (exact) mass is 310 g/mol. The third-order valence-electron chi connectivity index (χ3n) is 7.14. The first-order valence-corrected chi connectivity index (χ1v) is 9.50. The molecule has 0 radical (unpaired) electrons. The summed E-state index contributed by atoms with van der Waals surface area (Å²) in [7, 11) is 0. The molecule has 0 unspecified atom stereocenters. The summed E-state index contributed by atoms with van der Waals surface area (Å²) in [5.41, 5.74) is 1.27. The fourth-order valence-corrected chi connectivity index (χ4v) is 6.48. The van der Waals surface area contributed by atoms with Crippen LogP contribution in [0.3, 0.4) is 0 Å². The van der Waals surface area contributed by atoms with Crippen molar-refractivity contribution in [2.45, 2.75) is 51.0 Å². The van der Waals surface area contributed by atoms with Crippen LogP contribution in [0.4, 0.5) is 0 Å². The first kappa shape index (κ1) is 14.0. The minimum Gasteiger partial charge on any atom is -0.335 e. The van der Waals surface area contributed by atoms with Crippen LogP contribution in [0.2, 0.25) is 0 Å². The summed E-state index contributed by atoms with van der Waals surface area (Å²) < 4.78 is 0. The van der Waals surface area contributed by atoms with Crippen molar-refractivity contribution >= 4 is 5.91 Å². The second kappa shape index (κ2) is 5.32. The molecule has 3 heteroatoms. The van der Waals surface area contributed by atoms with Gasteiger partial charge in [-0.05, 0) is 86.3 Å². The van der Waals surface area contributed by atoms with Crippen molar-refractivity contribution in [2.24, 2.45) is 29.6 Å². The van der Waals surface area contributed by atoms with Gasteiger partial charge in [-0.15, -0.1) is 0 Å². The van der Waals surface area contributed by atoms with Gasteiger partial charge in [0.25, 0.3) is 0 Å². The maximum atomic E-state index is 13.4. The Balaban J connectivity index is 1.40. The summed E-state index contributed by atoms with van der Waals surface area (Å²) in [6.07, 6.45) is 12.8. The Morgan fingerprint density at radius 2 is 1.65 bits per heavy atom. The largest absolute Gasteiger partial charge is 0.335 e. The molecule has 122 valence electrons. The van der Waals surface area contributed by atoms with Crippen molar-refractivity contribution in [3.05, 3.63) is 30.1 Å². The summed E-state index contributed by atoms with van der Waals surface area (Å²) >= 11 is 0. The molecule has 5 fully saturated rings. The van der Waals surface area contributed by atoms with Gasteiger partial charge >= 0.3 is 0 Å². The fourth-order valence-electron chi connectivity index (χ4n) is 6.48. The van der Waals surface area contributed by atoms with Crippen LogP contribution in [0.25, 0.3) is 0 Å². The Morgan fingerprint density at radius 3 is 2.30 bits per heavy atom. The van der Waals surface area contributed by atoms with Crippen LogP contribution in [0.15, 0.2) is 24.5 Å². The predicted molar refractivity (Wildman–Crippen MR) is 88.5 cm³/mol. The molecule has 1 aromatic heterocycles. The molecule has 4 aliphatic carbocycles. The summed E-state index contributed by atoms with van der Waals surface area (Å²) in [5.74, 6) is 4.09. The molecule has 1 aliphatic heterocycles. The average Bonchev–Trinajstić information content (AvgIpc) is 3.04. The fraction of sp³-hybridized carbons (Fsp3) is 0.700. The van der Waals surface area contributed by atoms with E-state index >= 15 is 0 Å². The number of hydrogen-bond acceptors (Lipinski definition) is 2. The molecule has 3 nitrogen and oxygen atoms in total. The van der Waals surface area contributed by atoms with E-state index < -0.39 is 0 Å². The summed E-state index contributed by atoms with van der Waals surface area (Å²) in [6.45, 7) is 0.953. The SMILES string of the molecule is O=C(C1C2CC3CC(C2)CC1C3)N1CCC[C@H]1c1ccncc1. The third-order valence-corrected chi connectivity index (χ3v) is 7.14. The molecule has 1 aromatic rings. The van der Waals surface area contributed by atoms with Crippen LogP contribution in [0, 0.1) is 29.6 Å². The normalized spacial score (nSPS) is 41.5. The van der Waals surface area contributed by atoms with Crippen LogP contribution in [0.5, 0.6) is 0 Å². The zero-order valence-electron chi connectivity index (χ0n) is 13.7. The predicted octanol–water partition coefficient (Wildman–Crippen LogP) is 3.82. The van der Waals surface area contributed by atoms with E-state index in [0.717, 1.165) is 31.2 Å². The number of carbonyl (C=O) groups excluding carboxylic acids is 1. The Kier molecular flexibility index (Phi) is 3.24. The van der Waals surface area contributed by atoms with Gasteiger partial charge in [-0.25, -0.2) is 0 Å². The van der Waals surface area contributed by atoms with Crippen molar-refractivity contribution in [3.8, 4) is 0 Å². The third kappa shape index (κ3) is 2.23. The van der Waals surface area contributed by atoms with Gasteiger partial charge in [0.2, 0.25) is 5.91 Å². The second-order valence-electron chi connectivity index (χ2n) is 8.43. The molecule has 23 heavy (non-hydrogen) atoms. The lowest BCUT2D eigenvalue weighted by molar-refractivity contribution is -0.150. The van der Waals surface area contributed by atoms with Crippen LogP contribution in [-0.2, 0) is 4.79 Å². The maximum absolute atomic E-state index is 13.4. The Labute approximate surface area is 138 Å². The number of likely N-dealkylation sites (tertiary alicyclic amines) is 1. The van der Waals surface area contributed by atoms with Crippen molar-refractivity contribution in [2.75, 3.05) is 6.54 Å². The Hall–Kier alpha value is -1.38. The Bertz CT molecular complexity index is 571. The van der Waals surface area contributed by atoms with Gasteiger partial charge < -0.3 is 4.90 Å². The molecule has 0 N–H and O–H groups in total. The molecule has 4 bridgehead atoms. The van der Waals surface area contributed by atoms with Crippen LogP contribution < -0.4 is 0 Å². The summed E-state index contributed by atoms with van der Waals surface area (Å²) in [5, 5.41) is 0. The molecule has 1 atom stereocenters. The average molecular weight is 310 g/mol. The van der Waals surface area contributed by atoms with Crippen molar-refractivity contribution < 1.29 is 4.79 Å². The lowest BCUT2D eigenvalue weighted by atomic mass is 9.51. The number of amides is 1. The van der Waals surface area contributed by atoms with E-state index in [0.29, 0.717) is 29.7 Å². The standard InChI is InChI=1S/C20H26N2O/c23-20(19-16-9-13-8-14(11-16)12-17(19)10-13)22-7-1-2-18(22)15-3-5-21-6-4-15/h3-6,13-14,16-19H,1-2,7-12H2/t13?,14?,16?,17?,18-,19?/m0/s1. The van der Waals surface area contributed by atoms with Gasteiger partial charge in [0, 0.05) is 24.9 Å². The quantitative estimate of drug-likeness (QED) is 0.832. The van der Waals surface area contributed by atoms with Gasteiger partial charge in [-0.3, -0.25) is 9.78 Å². The number of hydrogen-bond donors (Lipinski definition) is 0. The summed E-state index contributed by atoms with van der Waals surface area (Å²) in [6, 6.07) is 4.48. The number of aromatic nitrogens is 1. The molecule has 2 heterocycles. The van der Waals surface area contributed by atoms with Crippen molar-refractivity contribution in [3.63, 3.8) is 0 Å².